The van der Waals surface area contributed by atoms with Gasteiger partial charge in [0, 0.05) is 12.8 Å². The van der Waals surface area contributed by atoms with Crippen LogP contribution in [0.15, 0.2) is 33.4 Å². The molecule has 0 saturated heterocycles. The molecular formula is C10H9NO4. The topological polar surface area (TPSA) is 76.5 Å². The molecule has 2 aromatic heterocycles. The number of carboxylic acids is 1. The van der Waals surface area contributed by atoms with Crippen molar-refractivity contribution >= 4 is 5.97 Å². The van der Waals surface area contributed by atoms with Gasteiger partial charge in [0.05, 0.1) is 12.5 Å². The van der Waals surface area contributed by atoms with Crippen molar-refractivity contribution in [3.05, 3.63) is 42.0 Å². The molecule has 0 radical (unpaired) electrons. The molecule has 15 heavy (non-hydrogen) atoms. The Morgan fingerprint density at radius 1 is 1.47 bits per heavy atom. The zero-order valence-electron chi connectivity index (χ0n) is 7.84. The van der Waals surface area contributed by atoms with Crippen LogP contribution in [0, 0.1) is 0 Å². The third-order valence-electron chi connectivity index (χ3n) is 1.93. The van der Waals surface area contributed by atoms with Crippen LogP contribution in [-0.2, 0) is 12.8 Å². The number of rotatable bonds is 4. The Morgan fingerprint density at radius 3 is 2.93 bits per heavy atom. The highest BCUT2D eigenvalue weighted by Crippen LogP contribution is 2.08. The third kappa shape index (κ3) is 2.25. The Bertz CT molecular complexity index is 444. The number of aryl methyl sites for hydroxylation is 2. The first-order valence-electron chi connectivity index (χ1n) is 4.46. The van der Waals surface area contributed by atoms with Gasteiger partial charge in [-0.1, -0.05) is 0 Å². The van der Waals surface area contributed by atoms with Crippen molar-refractivity contribution < 1.29 is 18.7 Å². The molecule has 0 aliphatic rings. The fraction of sp³-hybridized carbons (Fsp3) is 0.200. The summed E-state index contributed by atoms with van der Waals surface area (Å²) in [5.74, 6) is -0.00920. The maximum Gasteiger partial charge on any atom is 0.373 e. The first-order valence-corrected chi connectivity index (χ1v) is 4.46. The lowest BCUT2D eigenvalue weighted by molar-refractivity contribution is 0.0660. The predicted octanol–water partition coefficient (Wildman–Crippen LogP) is 1.75. The summed E-state index contributed by atoms with van der Waals surface area (Å²) in [4.78, 5) is 14.3. The molecule has 5 nitrogen and oxygen atoms in total. The fourth-order valence-corrected chi connectivity index (χ4v) is 1.21. The molecule has 1 N–H and O–H groups in total. The molecule has 78 valence electrons. The number of hydrogen-bond donors (Lipinski definition) is 1. The van der Waals surface area contributed by atoms with Gasteiger partial charge in [-0.3, -0.25) is 0 Å². The van der Waals surface area contributed by atoms with E-state index in [4.69, 9.17) is 13.9 Å². The van der Waals surface area contributed by atoms with Crippen molar-refractivity contribution in [2.45, 2.75) is 12.8 Å². The smallest absolute Gasteiger partial charge is 0.373 e. The summed E-state index contributed by atoms with van der Waals surface area (Å²) in [6, 6.07) is 3.65. The number of furan rings is 1. The van der Waals surface area contributed by atoms with Crippen LogP contribution in [0.2, 0.25) is 0 Å². The van der Waals surface area contributed by atoms with E-state index in [1.165, 1.54) is 6.20 Å². The van der Waals surface area contributed by atoms with Gasteiger partial charge in [-0.15, -0.1) is 0 Å². The molecule has 0 aliphatic carbocycles. The van der Waals surface area contributed by atoms with E-state index < -0.39 is 5.97 Å². The summed E-state index contributed by atoms with van der Waals surface area (Å²) in [5.41, 5.74) is 0. The molecule has 0 spiro atoms. The molecule has 0 amide bonds. The molecule has 0 fully saturated rings. The van der Waals surface area contributed by atoms with E-state index >= 15 is 0 Å². The molecule has 0 atom stereocenters. The molecule has 0 unspecified atom stereocenters. The lowest BCUT2D eigenvalue weighted by Gasteiger charge is -1.92. The molecule has 0 bridgehead atoms. The van der Waals surface area contributed by atoms with Crippen LogP contribution in [0.5, 0.6) is 0 Å². The standard InChI is InChI=1S/C10H9NO4/c12-10(13)8-6-11-9(15-8)4-3-7-2-1-5-14-7/h1-2,5-6H,3-4H2,(H,12,13). The second-order valence-corrected chi connectivity index (χ2v) is 3.00. The summed E-state index contributed by atoms with van der Waals surface area (Å²) in [5, 5.41) is 8.60. The summed E-state index contributed by atoms with van der Waals surface area (Å²) >= 11 is 0. The van der Waals surface area contributed by atoms with Gasteiger partial charge in [-0.05, 0) is 12.1 Å². The van der Waals surface area contributed by atoms with Gasteiger partial charge in [0.1, 0.15) is 5.76 Å². The lowest BCUT2D eigenvalue weighted by atomic mass is 10.2. The van der Waals surface area contributed by atoms with E-state index in [-0.39, 0.29) is 5.76 Å². The van der Waals surface area contributed by atoms with E-state index in [0.29, 0.717) is 18.7 Å². The molecule has 2 aromatic rings. The highest BCUT2D eigenvalue weighted by Gasteiger charge is 2.10. The maximum atomic E-state index is 10.5. The number of nitrogens with zero attached hydrogens (tertiary/aromatic N) is 1. The minimum absolute atomic E-state index is 0.135. The van der Waals surface area contributed by atoms with E-state index in [2.05, 4.69) is 4.98 Å². The number of hydrogen-bond acceptors (Lipinski definition) is 4. The minimum atomic E-state index is -1.10. The maximum absolute atomic E-state index is 10.5. The van der Waals surface area contributed by atoms with Gasteiger partial charge >= 0.3 is 5.97 Å². The average Bonchev–Trinajstić information content (AvgIpc) is 2.86. The molecule has 0 aliphatic heterocycles. The second kappa shape index (κ2) is 4.00. The molecule has 0 aromatic carbocycles. The van der Waals surface area contributed by atoms with Gasteiger partial charge in [0.15, 0.2) is 5.89 Å². The van der Waals surface area contributed by atoms with Crippen LogP contribution in [0.1, 0.15) is 22.2 Å². The SMILES string of the molecule is O=C(O)c1cnc(CCc2ccco2)o1. The first-order chi connectivity index (χ1) is 7.25. The van der Waals surface area contributed by atoms with Crippen molar-refractivity contribution in [3.63, 3.8) is 0 Å². The Balaban J connectivity index is 1.96. The van der Waals surface area contributed by atoms with Crippen molar-refractivity contribution in [2.24, 2.45) is 0 Å². The van der Waals surface area contributed by atoms with Crippen molar-refractivity contribution in [1.29, 1.82) is 0 Å². The van der Waals surface area contributed by atoms with Crippen LogP contribution in [0.3, 0.4) is 0 Å². The molecular weight excluding hydrogens is 198 g/mol. The van der Waals surface area contributed by atoms with Crippen LogP contribution < -0.4 is 0 Å². The zero-order valence-corrected chi connectivity index (χ0v) is 7.84. The van der Waals surface area contributed by atoms with Crippen molar-refractivity contribution in [3.8, 4) is 0 Å². The van der Waals surface area contributed by atoms with Crippen molar-refractivity contribution in [2.75, 3.05) is 0 Å². The quantitative estimate of drug-likeness (QED) is 0.826. The fourth-order valence-electron chi connectivity index (χ4n) is 1.21. The highest BCUT2D eigenvalue weighted by atomic mass is 16.4. The highest BCUT2D eigenvalue weighted by molar-refractivity contribution is 5.83. The monoisotopic (exact) mass is 207 g/mol. The Labute approximate surface area is 85.3 Å². The number of carboxylic acid groups (broad SMARTS) is 1. The summed E-state index contributed by atoms with van der Waals surface area (Å²) in [7, 11) is 0. The Morgan fingerprint density at radius 2 is 2.33 bits per heavy atom. The summed E-state index contributed by atoms with van der Waals surface area (Å²) in [6.45, 7) is 0. The number of aromatic nitrogens is 1. The minimum Gasteiger partial charge on any atom is -0.475 e. The van der Waals surface area contributed by atoms with Gasteiger partial charge < -0.3 is 13.9 Å². The zero-order chi connectivity index (χ0) is 10.7. The first kappa shape index (κ1) is 9.51. The summed E-state index contributed by atoms with van der Waals surface area (Å²) < 4.78 is 10.1. The van der Waals surface area contributed by atoms with Gasteiger partial charge in [-0.2, -0.15) is 0 Å². The van der Waals surface area contributed by atoms with Crippen molar-refractivity contribution in [1.82, 2.24) is 4.98 Å². The van der Waals surface area contributed by atoms with E-state index in [1.54, 1.807) is 12.3 Å². The van der Waals surface area contributed by atoms with Crippen LogP contribution in [0.25, 0.3) is 0 Å². The van der Waals surface area contributed by atoms with E-state index in [0.717, 1.165) is 5.76 Å². The average molecular weight is 207 g/mol. The Kier molecular flexibility index (Phi) is 2.53. The normalized spacial score (nSPS) is 10.4. The predicted molar refractivity (Wildman–Crippen MR) is 49.6 cm³/mol. The Hall–Kier alpha value is -2.04. The summed E-state index contributed by atoms with van der Waals surface area (Å²) in [6.07, 6.45) is 3.97. The van der Waals surface area contributed by atoms with Crippen LogP contribution >= 0.6 is 0 Å². The molecule has 5 heteroatoms. The van der Waals surface area contributed by atoms with Crippen LogP contribution in [0.4, 0.5) is 0 Å². The van der Waals surface area contributed by atoms with E-state index in [9.17, 15) is 4.79 Å². The molecule has 2 rings (SSSR count). The van der Waals surface area contributed by atoms with E-state index in [1.807, 2.05) is 6.07 Å². The lowest BCUT2D eigenvalue weighted by Crippen LogP contribution is -1.92. The number of aromatic carboxylic acids is 1. The number of carbonyl (C=O) groups is 1. The molecule has 2 heterocycles. The van der Waals surface area contributed by atoms with Gasteiger partial charge in [0.2, 0.25) is 5.76 Å². The molecule has 0 saturated carbocycles. The largest absolute Gasteiger partial charge is 0.475 e. The second-order valence-electron chi connectivity index (χ2n) is 3.00. The third-order valence-corrected chi connectivity index (χ3v) is 1.93. The van der Waals surface area contributed by atoms with Gasteiger partial charge in [0.25, 0.3) is 0 Å². The van der Waals surface area contributed by atoms with Crippen LogP contribution in [-0.4, -0.2) is 16.1 Å². The number of oxazole rings is 1. The van der Waals surface area contributed by atoms with Gasteiger partial charge in [-0.25, -0.2) is 9.78 Å².